The summed E-state index contributed by atoms with van der Waals surface area (Å²) >= 11 is 0. The predicted octanol–water partition coefficient (Wildman–Crippen LogP) is 2.75. The van der Waals surface area contributed by atoms with Crippen LogP contribution in [0.5, 0.6) is 0 Å². The molecule has 3 fully saturated rings. The lowest BCUT2D eigenvalue weighted by atomic mass is 9.95. The molecule has 3 heterocycles. The predicted molar refractivity (Wildman–Crippen MR) is 109 cm³/mol. The highest BCUT2D eigenvalue weighted by Gasteiger charge is 2.24. The maximum atomic E-state index is 3.48. The Labute approximate surface area is 157 Å². The third kappa shape index (κ3) is 7.94. The molecule has 0 spiro atoms. The maximum absolute atomic E-state index is 3.48. The Morgan fingerprint density at radius 1 is 0.640 bits per heavy atom. The van der Waals surface area contributed by atoms with Crippen molar-refractivity contribution in [1.82, 2.24) is 20.0 Å². The first-order chi connectivity index (χ1) is 12.2. The van der Waals surface area contributed by atoms with Crippen molar-refractivity contribution in [3.8, 4) is 0 Å². The molecule has 0 bridgehead atoms. The monoisotopic (exact) mass is 352 g/mol. The average molecular weight is 353 g/mol. The zero-order valence-electron chi connectivity index (χ0n) is 17.3. The summed E-state index contributed by atoms with van der Waals surface area (Å²) in [6.07, 6.45) is 6.86. The molecule has 3 aliphatic heterocycles. The van der Waals surface area contributed by atoms with Crippen molar-refractivity contribution in [3.63, 3.8) is 0 Å². The van der Waals surface area contributed by atoms with E-state index in [1.807, 2.05) is 0 Å². The quantitative estimate of drug-likeness (QED) is 0.821. The van der Waals surface area contributed by atoms with Crippen LogP contribution >= 0.6 is 0 Å². The number of hydrogen-bond acceptors (Lipinski definition) is 4. The lowest BCUT2D eigenvalue weighted by Gasteiger charge is -2.40. The van der Waals surface area contributed by atoms with Crippen molar-refractivity contribution < 1.29 is 0 Å². The molecule has 0 aliphatic carbocycles. The van der Waals surface area contributed by atoms with Gasteiger partial charge in [-0.15, -0.1) is 0 Å². The molecule has 1 N–H and O–H groups in total. The van der Waals surface area contributed by atoms with E-state index in [-0.39, 0.29) is 0 Å². The topological polar surface area (TPSA) is 21.8 Å². The Hall–Kier alpha value is -0.160. The summed E-state index contributed by atoms with van der Waals surface area (Å²) in [5.74, 6) is 1.91. The van der Waals surface area contributed by atoms with Crippen molar-refractivity contribution in [1.29, 1.82) is 0 Å². The van der Waals surface area contributed by atoms with Gasteiger partial charge >= 0.3 is 0 Å². The zero-order valence-corrected chi connectivity index (χ0v) is 17.3. The highest BCUT2D eigenvalue weighted by molar-refractivity contribution is 4.80. The molecule has 148 valence electrons. The summed E-state index contributed by atoms with van der Waals surface area (Å²) in [7, 11) is 0. The fourth-order valence-corrected chi connectivity index (χ4v) is 4.43. The highest BCUT2D eigenvalue weighted by Crippen LogP contribution is 2.20. The SMILES string of the molecule is CCC.CCN1CCC(CN2CCN(CC3CCNCC3)CC2)CC1. The summed E-state index contributed by atoms with van der Waals surface area (Å²) in [4.78, 5) is 8.07. The Kier molecular flexibility index (Phi) is 10.4. The molecule has 0 aromatic rings. The molecule has 3 rings (SSSR count). The van der Waals surface area contributed by atoms with Gasteiger partial charge < -0.3 is 20.0 Å². The first-order valence-corrected chi connectivity index (χ1v) is 11.1. The summed E-state index contributed by atoms with van der Waals surface area (Å²) in [5, 5.41) is 3.48. The number of rotatable bonds is 5. The van der Waals surface area contributed by atoms with Gasteiger partial charge in [-0.3, -0.25) is 0 Å². The number of nitrogens with one attached hydrogen (secondary N) is 1. The molecule has 0 unspecified atom stereocenters. The molecular formula is C21H44N4. The summed E-state index contributed by atoms with van der Waals surface area (Å²) < 4.78 is 0. The van der Waals surface area contributed by atoms with Crippen LogP contribution in [0.25, 0.3) is 0 Å². The van der Waals surface area contributed by atoms with Crippen molar-refractivity contribution >= 4 is 0 Å². The molecule has 0 aromatic carbocycles. The van der Waals surface area contributed by atoms with Gasteiger partial charge in [0.05, 0.1) is 0 Å². The minimum atomic E-state index is 0.950. The molecule has 4 heteroatoms. The standard InChI is InChI=1S/C18H36N4.C3H8/c1-2-20-9-5-18(6-10-20)16-22-13-11-21(12-14-22)15-17-3-7-19-8-4-17;1-3-2/h17-19H,2-16H2,1H3;3H2,1-2H3. The van der Waals surface area contributed by atoms with Crippen molar-refractivity contribution in [2.24, 2.45) is 11.8 Å². The second kappa shape index (κ2) is 12.3. The molecule has 3 aliphatic rings. The van der Waals surface area contributed by atoms with Gasteiger partial charge in [0.1, 0.15) is 0 Å². The number of piperazine rings is 1. The van der Waals surface area contributed by atoms with Crippen LogP contribution in [0.15, 0.2) is 0 Å². The van der Waals surface area contributed by atoms with Crippen LogP contribution in [0.1, 0.15) is 52.9 Å². The van der Waals surface area contributed by atoms with Crippen LogP contribution in [0.3, 0.4) is 0 Å². The number of piperidine rings is 2. The maximum Gasteiger partial charge on any atom is 0.0110 e. The van der Waals surface area contributed by atoms with Crippen LogP contribution in [-0.2, 0) is 0 Å². The van der Waals surface area contributed by atoms with Gasteiger partial charge in [0.15, 0.2) is 0 Å². The van der Waals surface area contributed by atoms with E-state index in [0.717, 1.165) is 11.8 Å². The average Bonchev–Trinajstić information content (AvgIpc) is 2.65. The van der Waals surface area contributed by atoms with Crippen LogP contribution in [0.2, 0.25) is 0 Å². The van der Waals surface area contributed by atoms with Crippen LogP contribution in [0.4, 0.5) is 0 Å². The van der Waals surface area contributed by atoms with Crippen molar-refractivity contribution in [3.05, 3.63) is 0 Å². The second-order valence-corrected chi connectivity index (χ2v) is 8.38. The van der Waals surface area contributed by atoms with Gasteiger partial charge in [0, 0.05) is 39.3 Å². The van der Waals surface area contributed by atoms with Gasteiger partial charge in [-0.1, -0.05) is 27.2 Å². The first kappa shape index (κ1) is 21.1. The third-order valence-corrected chi connectivity index (χ3v) is 6.11. The molecule has 25 heavy (non-hydrogen) atoms. The Balaban J connectivity index is 0.000000701. The molecule has 0 atom stereocenters. The number of likely N-dealkylation sites (tertiary alicyclic amines) is 1. The molecule has 0 aromatic heterocycles. The van der Waals surface area contributed by atoms with E-state index in [1.165, 1.54) is 104 Å². The summed E-state index contributed by atoms with van der Waals surface area (Å²) in [5.41, 5.74) is 0. The Morgan fingerprint density at radius 2 is 1.08 bits per heavy atom. The van der Waals surface area contributed by atoms with E-state index < -0.39 is 0 Å². The molecular weight excluding hydrogens is 308 g/mol. The molecule has 0 radical (unpaired) electrons. The van der Waals surface area contributed by atoms with Gasteiger partial charge in [0.25, 0.3) is 0 Å². The van der Waals surface area contributed by atoms with Gasteiger partial charge in [-0.05, 0) is 70.2 Å². The van der Waals surface area contributed by atoms with Crippen LogP contribution in [0, 0.1) is 11.8 Å². The van der Waals surface area contributed by atoms with E-state index in [9.17, 15) is 0 Å². The number of nitrogens with zero attached hydrogens (tertiary/aromatic N) is 3. The second-order valence-electron chi connectivity index (χ2n) is 8.38. The molecule has 4 nitrogen and oxygen atoms in total. The first-order valence-electron chi connectivity index (χ1n) is 11.1. The van der Waals surface area contributed by atoms with E-state index in [4.69, 9.17) is 0 Å². The summed E-state index contributed by atoms with van der Waals surface area (Å²) in [6, 6.07) is 0. The van der Waals surface area contributed by atoms with Gasteiger partial charge in [-0.25, -0.2) is 0 Å². The van der Waals surface area contributed by atoms with Crippen LogP contribution in [-0.4, -0.2) is 86.7 Å². The minimum absolute atomic E-state index is 0.950. The fourth-order valence-electron chi connectivity index (χ4n) is 4.43. The fraction of sp³-hybridized carbons (Fsp3) is 1.00. The third-order valence-electron chi connectivity index (χ3n) is 6.11. The van der Waals surface area contributed by atoms with Gasteiger partial charge in [-0.2, -0.15) is 0 Å². The molecule has 3 saturated heterocycles. The van der Waals surface area contributed by atoms with Gasteiger partial charge in [0.2, 0.25) is 0 Å². The van der Waals surface area contributed by atoms with E-state index in [0.29, 0.717) is 0 Å². The highest BCUT2D eigenvalue weighted by atomic mass is 15.3. The smallest absolute Gasteiger partial charge is 0.0110 e. The van der Waals surface area contributed by atoms with Crippen LogP contribution < -0.4 is 5.32 Å². The molecule has 0 saturated carbocycles. The van der Waals surface area contributed by atoms with Crippen molar-refractivity contribution in [2.45, 2.75) is 52.9 Å². The zero-order chi connectivity index (χ0) is 17.9. The number of hydrogen-bond donors (Lipinski definition) is 1. The van der Waals surface area contributed by atoms with E-state index in [2.05, 4.69) is 40.8 Å². The summed E-state index contributed by atoms with van der Waals surface area (Å²) in [6.45, 7) is 20.8. The minimum Gasteiger partial charge on any atom is -0.317 e. The largest absolute Gasteiger partial charge is 0.317 e. The molecule has 0 amide bonds. The Bertz CT molecular complexity index is 314. The Morgan fingerprint density at radius 3 is 1.52 bits per heavy atom. The normalized spacial score (nSPS) is 25.6. The van der Waals surface area contributed by atoms with E-state index >= 15 is 0 Å². The lowest BCUT2D eigenvalue weighted by Crippen LogP contribution is -2.50. The lowest BCUT2D eigenvalue weighted by molar-refractivity contribution is 0.0847. The van der Waals surface area contributed by atoms with E-state index in [1.54, 1.807) is 0 Å². The van der Waals surface area contributed by atoms with Crippen molar-refractivity contribution in [2.75, 3.05) is 72.0 Å².